The molecule has 0 unspecified atom stereocenters. The number of hydrogen-bond acceptors (Lipinski definition) is 4. The van der Waals surface area contributed by atoms with Gasteiger partial charge >= 0.3 is 0 Å². The van der Waals surface area contributed by atoms with Gasteiger partial charge in [-0.2, -0.15) is 11.3 Å². The summed E-state index contributed by atoms with van der Waals surface area (Å²) in [6.45, 7) is 0.418. The molecule has 0 aliphatic heterocycles. The van der Waals surface area contributed by atoms with Crippen molar-refractivity contribution in [2.75, 3.05) is 12.3 Å². The van der Waals surface area contributed by atoms with Crippen LogP contribution in [0.4, 0.5) is 5.69 Å². The maximum atomic E-state index is 11.9. The van der Waals surface area contributed by atoms with Crippen LogP contribution in [0.1, 0.15) is 11.1 Å². The highest BCUT2D eigenvalue weighted by Gasteiger charge is 2.11. The lowest BCUT2D eigenvalue weighted by Gasteiger charge is -2.06. The minimum Gasteiger partial charge on any atom is -0.399 e. The maximum absolute atomic E-state index is 11.9. The van der Waals surface area contributed by atoms with E-state index >= 15 is 0 Å². The van der Waals surface area contributed by atoms with Crippen LogP contribution in [0.2, 0.25) is 0 Å². The van der Waals surface area contributed by atoms with Crippen molar-refractivity contribution in [3.63, 3.8) is 0 Å². The minimum atomic E-state index is -3.31. The first-order valence-electron chi connectivity index (χ1n) is 5.88. The largest absolute Gasteiger partial charge is 0.399 e. The first-order valence-corrected chi connectivity index (χ1v) is 8.47. The molecule has 0 saturated carbocycles. The second-order valence-corrected chi connectivity index (χ2v) is 6.87. The third-order valence-electron chi connectivity index (χ3n) is 2.62. The van der Waals surface area contributed by atoms with E-state index in [0.29, 0.717) is 24.2 Å². The molecule has 2 aromatic rings. The van der Waals surface area contributed by atoms with Gasteiger partial charge in [0.25, 0.3) is 0 Å². The van der Waals surface area contributed by atoms with Gasteiger partial charge in [0.1, 0.15) is 0 Å². The van der Waals surface area contributed by atoms with E-state index in [1.54, 1.807) is 35.6 Å². The van der Waals surface area contributed by atoms with E-state index < -0.39 is 10.0 Å². The Labute approximate surface area is 117 Å². The normalized spacial score (nSPS) is 11.6. The van der Waals surface area contributed by atoms with Gasteiger partial charge < -0.3 is 5.73 Å². The Balaban J connectivity index is 1.88. The minimum absolute atomic E-state index is 0.0400. The van der Waals surface area contributed by atoms with Gasteiger partial charge in [-0.1, -0.05) is 12.1 Å². The van der Waals surface area contributed by atoms with Gasteiger partial charge in [-0.05, 0) is 46.5 Å². The van der Waals surface area contributed by atoms with E-state index in [2.05, 4.69) is 4.72 Å². The van der Waals surface area contributed by atoms with Crippen LogP contribution >= 0.6 is 11.3 Å². The van der Waals surface area contributed by atoms with Gasteiger partial charge in [-0.3, -0.25) is 0 Å². The van der Waals surface area contributed by atoms with Gasteiger partial charge in [0.05, 0.1) is 5.75 Å². The summed E-state index contributed by atoms with van der Waals surface area (Å²) in [6.07, 6.45) is 0.708. The Morgan fingerprint density at radius 2 is 2.05 bits per heavy atom. The van der Waals surface area contributed by atoms with Crippen molar-refractivity contribution < 1.29 is 8.42 Å². The molecule has 4 nitrogen and oxygen atoms in total. The van der Waals surface area contributed by atoms with Crippen LogP contribution in [0.25, 0.3) is 0 Å². The molecule has 3 N–H and O–H groups in total. The van der Waals surface area contributed by atoms with Crippen molar-refractivity contribution in [2.45, 2.75) is 12.2 Å². The second-order valence-electron chi connectivity index (χ2n) is 4.28. The summed E-state index contributed by atoms with van der Waals surface area (Å²) in [7, 11) is -3.31. The summed E-state index contributed by atoms with van der Waals surface area (Å²) in [5.74, 6) is -0.0400. The molecule has 0 aliphatic carbocycles. The summed E-state index contributed by atoms with van der Waals surface area (Å²) >= 11 is 1.61. The van der Waals surface area contributed by atoms with Crippen LogP contribution in [0.3, 0.4) is 0 Å². The first kappa shape index (κ1) is 14.0. The predicted octanol–water partition coefficient (Wildman–Crippen LogP) is 1.99. The van der Waals surface area contributed by atoms with Crippen LogP contribution in [0, 0.1) is 0 Å². The van der Waals surface area contributed by atoms with Gasteiger partial charge in [-0.25, -0.2) is 13.1 Å². The highest BCUT2D eigenvalue weighted by Crippen LogP contribution is 2.10. The zero-order valence-electron chi connectivity index (χ0n) is 10.4. The fourth-order valence-electron chi connectivity index (χ4n) is 1.74. The van der Waals surface area contributed by atoms with Crippen molar-refractivity contribution in [1.29, 1.82) is 0 Å². The lowest BCUT2D eigenvalue weighted by Crippen LogP contribution is -2.27. The summed E-state index contributed by atoms with van der Waals surface area (Å²) in [5.41, 5.74) is 8.05. The van der Waals surface area contributed by atoms with E-state index in [1.165, 1.54) is 0 Å². The van der Waals surface area contributed by atoms with Gasteiger partial charge in [0.2, 0.25) is 10.0 Å². The zero-order chi connectivity index (χ0) is 13.7. The number of benzene rings is 1. The summed E-state index contributed by atoms with van der Waals surface area (Å²) in [6, 6.07) is 8.93. The van der Waals surface area contributed by atoms with Crippen molar-refractivity contribution in [3.05, 3.63) is 52.2 Å². The topological polar surface area (TPSA) is 72.2 Å². The number of nitrogens with two attached hydrogens (primary N) is 1. The number of hydrogen-bond donors (Lipinski definition) is 2. The number of anilines is 1. The molecule has 6 heteroatoms. The molecule has 0 fully saturated rings. The Morgan fingerprint density at radius 1 is 1.21 bits per heavy atom. The van der Waals surface area contributed by atoms with Crippen LogP contribution in [-0.4, -0.2) is 15.0 Å². The van der Waals surface area contributed by atoms with Crippen LogP contribution in [0.5, 0.6) is 0 Å². The molecule has 0 spiro atoms. The molecule has 2 rings (SSSR count). The average molecular weight is 296 g/mol. The van der Waals surface area contributed by atoms with Gasteiger partial charge in [0, 0.05) is 12.2 Å². The summed E-state index contributed by atoms with van der Waals surface area (Å²) in [4.78, 5) is 0. The third-order valence-corrected chi connectivity index (χ3v) is 4.71. The number of thiophene rings is 1. The molecule has 0 radical (unpaired) electrons. The monoisotopic (exact) mass is 296 g/mol. The van der Waals surface area contributed by atoms with E-state index in [4.69, 9.17) is 5.73 Å². The lowest BCUT2D eigenvalue weighted by atomic mass is 10.2. The fourth-order valence-corrected chi connectivity index (χ4v) is 3.58. The number of nitrogens with one attached hydrogen (secondary N) is 1. The SMILES string of the molecule is Nc1cccc(CS(=O)(=O)NCCc2ccsc2)c1. The molecule has 0 aliphatic rings. The Bertz CT molecular complexity index is 622. The molecule has 0 saturated heterocycles. The fraction of sp³-hybridized carbons (Fsp3) is 0.231. The molecule has 0 bridgehead atoms. The van der Waals surface area contributed by atoms with E-state index in [9.17, 15) is 8.42 Å². The van der Waals surface area contributed by atoms with Crippen molar-refractivity contribution in [3.8, 4) is 0 Å². The molecule has 1 heterocycles. The van der Waals surface area contributed by atoms with Crippen LogP contribution < -0.4 is 10.5 Å². The maximum Gasteiger partial charge on any atom is 0.215 e. The van der Waals surface area contributed by atoms with Crippen molar-refractivity contribution in [2.24, 2.45) is 0 Å². The van der Waals surface area contributed by atoms with Gasteiger partial charge in [0.15, 0.2) is 0 Å². The van der Waals surface area contributed by atoms with Gasteiger partial charge in [-0.15, -0.1) is 0 Å². The second kappa shape index (κ2) is 6.18. The summed E-state index contributed by atoms with van der Waals surface area (Å²) < 4.78 is 26.4. The first-order chi connectivity index (χ1) is 9.05. The standard InChI is InChI=1S/C13H16N2O2S2/c14-13-3-1-2-12(8-13)10-19(16,17)15-6-4-11-5-7-18-9-11/h1-3,5,7-9,15H,4,6,10,14H2. The molecule has 19 heavy (non-hydrogen) atoms. The van der Waals surface area contributed by atoms with E-state index in [1.807, 2.05) is 16.8 Å². The molecule has 1 aromatic carbocycles. The Kier molecular flexibility index (Phi) is 4.57. The molecule has 0 atom stereocenters. The number of rotatable bonds is 6. The zero-order valence-corrected chi connectivity index (χ0v) is 12.0. The highest BCUT2D eigenvalue weighted by molar-refractivity contribution is 7.88. The molecule has 102 valence electrons. The number of nitrogen functional groups attached to an aromatic ring is 1. The third kappa shape index (κ3) is 4.66. The lowest BCUT2D eigenvalue weighted by molar-refractivity contribution is 0.581. The average Bonchev–Trinajstić information content (AvgIpc) is 2.81. The van der Waals surface area contributed by atoms with E-state index in [-0.39, 0.29) is 5.75 Å². The summed E-state index contributed by atoms with van der Waals surface area (Å²) in [5, 5.41) is 4.00. The van der Waals surface area contributed by atoms with Crippen molar-refractivity contribution >= 4 is 27.0 Å². The number of sulfonamides is 1. The Morgan fingerprint density at radius 3 is 2.74 bits per heavy atom. The van der Waals surface area contributed by atoms with E-state index in [0.717, 1.165) is 5.56 Å². The predicted molar refractivity (Wildman–Crippen MR) is 79.5 cm³/mol. The molecular formula is C13H16N2O2S2. The highest BCUT2D eigenvalue weighted by atomic mass is 32.2. The smallest absolute Gasteiger partial charge is 0.215 e. The Hall–Kier alpha value is -1.37. The van der Waals surface area contributed by atoms with Crippen LogP contribution in [0.15, 0.2) is 41.1 Å². The quantitative estimate of drug-likeness (QED) is 0.801. The van der Waals surface area contributed by atoms with Crippen molar-refractivity contribution in [1.82, 2.24) is 4.72 Å². The molecule has 1 aromatic heterocycles. The van der Waals surface area contributed by atoms with Crippen LogP contribution in [-0.2, 0) is 22.2 Å². The molecular weight excluding hydrogens is 280 g/mol. The molecule has 0 amide bonds.